The lowest BCUT2D eigenvalue weighted by atomic mass is 10.2. The van der Waals surface area contributed by atoms with Crippen molar-refractivity contribution in [2.45, 2.75) is 6.92 Å². The summed E-state index contributed by atoms with van der Waals surface area (Å²) in [4.78, 5) is 26.4. The molecule has 8 heteroatoms. The third-order valence-corrected chi connectivity index (χ3v) is 4.33. The van der Waals surface area contributed by atoms with Gasteiger partial charge in [-0.15, -0.1) is 11.3 Å². The van der Waals surface area contributed by atoms with Crippen LogP contribution in [0.1, 0.15) is 16.1 Å². The number of rotatable bonds is 4. The van der Waals surface area contributed by atoms with Gasteiger partial charge in [-0.1, -0.05) is 29.8 Å². The summed E-state index contributed by atoms with van der Waals surface area (Å²) in [6.45, 7) is 1.98. The van der Waals surface area contributed by atoms with Crippen LogP contribution in [0.25, 0.3) is 10.6 Å². The van der Waals surface area contributed by atoms with Gasteiger partial charge in [-0.3, -0.25) is 14.9 Å². The van der Waals surface area contributed by atoms with Crippen LogP contribution < -0.4 is 5.32 Å². The molecule has 25 heavy (non-hydrogen) atoms. The maximum atomic E-state index is 13.3. The zero-order valence-electron chi connectivity index (χ0n) is 13.0. The summed E-state index contributed by atoms with van der Waals surface area (Å²) in [5.41, 5.74) is 1.63. The number of carbonyl (C=O) groups excluding carboxylic acids is 1. The number of nitrogens with zero attached hydrogens (tertiary/aromatic N) is 2. The van der Waals surface area contributed by atoms with Crippen LogP contribution in [0.2, 0.25) is 0 Å². The van der Waals surface area contributed by atoms with Crippen LogP contribution in [0.5, 0.6) is 0 Å². The molecule has 6 nitrogen and oxygen atoms in total. The van der Waals surface area contributed by atoms with Gasteiger partial charge in [0.15, 0.2) is 0 Å². The topological polar surface area (TPSA) is 85.1 Å². The highest BCUT2D eigenvalue weighted by atomic mass is 32.1. The van der Waals surface area contributed by atoms with Crippen molar-refractivity contribution >= 4 is 28.6 Å². The number of nitro groups is 1. The SMILES string of the molecule is Cc1ccc(-c2nc(C(=O)Nc3ccc(F)c([N+](=O)[O-])c3)cs2)cc1. The summed E-state index contributed by atoms with van der Waals surface area (Å²) in [6, 6.07) is 10.9. The van der Waals surface area contributed by atoms with Crippen molar-refractivity contribution in [3.63, 3.8) is 0 Å². The van der Waals surface area contributed by atoms with Gasteiger partial charge in [0.2, 0.25) is 5.82 Å². The largest absolute Gasteiger partial charge is 0.320 e. The predicted octanol–water partition coefficient (Wildman–Crippen LogP) is 4.42. The second-order valence-electron chi connectivity index (χ2n) is 5.28. The van der Waals surface area contributed by atoms with Gasteiger partial charge in [-0.2, -0.15) is 4.39 Å². The van der Waals surface area contributed by atoms with Gasteiger partial charge in [0.25, 0.3) is 5.91 Å². The zero-order chi connectivity index (χ0) is 18.0. The third-order valence-electron chi connectivity index (χ3n) is 3.44. The summed E-state index contributed by atoms with van der Waals surface area (Å²) in [6.07, 6.45) is 0. The molecule has 0 aliphatic rings. The van der Waals surface area contributed by atoms with E-state index in [4.69, 9.17) is 0 Å². The smallest absolute Gasteiger partial charge is 0.306 e. The fourth-order valence-electron chi connectivity index (χ4n) is 2.13. The van der Waals surface area contributed by atoms with Crippen molar-refractivity contribution in [3.8, 4) is 10.6 Å². The van der Waals surface area contributed by atoms with E-state index in [1.165, 1.54) is 17.4 Å². The lowest BCUT2D eigenvalue weighted by Crippen LogP contribution is -2.12. The molecule has 0 spiro atoms. The van der Waals surface area contributed by atoms with Gasteiger partial charge in [-0.05, 0) is 19.1 Å². The second kappa shape index (κ2) is 6.78. The lowest BCUT2D eigenvalue weighted by Gasteiger charge is -2.03. The maximum absolute atomic E-state index is 13.3. The van der Waals surface area contributed by atoms with Crippen molar-refractivity contribution in [1.29, 1.82) is 0 Å². The number of halogens is 1. The first-order chi connectivity index (χ1) is 11.9. The minimum absolute atomic E-state index is 0.128. The number of aryl methyl sites for hydroxylation is 1. The van der Waals surface area contributed by atoms with E-state index in [1.54, 1.807) is 5.38 Å². The molecule has 1 aromatic heterocycles. The molecule has 0 unspecified atom stereocenters. The number of carbonyl (C=O) groups is 1. The molecule has 0 aliphatic carbocycles. The number of anilines is 1. The number of nitro benzene ring substituents is 1. The standard InChI is InChI=1S/C17H12FN3O3S/c1-10-2-4-11(5-3-10)17-20-14(9-25-17)16(22)19-12-6-7-13(18)15(8-12)21(23)24/h2-9H,1H3,(H,19,22). The molecule has 0 aliphatic heterocycles. The Balaban J connectivity index is 1.79. The van der Waals surface area contributed by atoms with Crippen LogP contribution in [-0.4, -0.2) is 15.8 Å². The molecule has 2 aromatic carbocycles. The van der Waals surface area contributed by atoms with E-state index in [0.717, 1.165) is 23.3 Å². The maximum Gasteiger partial charge on any atom is 0.306 e. The van der Waals surface area contributed by atoms with Crippen molar-refractivity contribution in [1.82, 2.24) is 4.98 Å². The fourth-order valence-corrected chi connectivity index (χ4v) is 2.94. The van der Waals surface area contributed by atoms with Crippen molar-refractivity contribution < 1.29 is 14.1 Å². The summed E-state index contributed by atoms with van der Waals surface area (Å²) in [7, 11) is 0. The van der Waals surface area contributed by atoms with Gasteiger partial charge in [0, 0.05) is 22.7 Å². The molecule has 3 rings (SSSR count). The molecule has 0 fully saturated rings. The minimum atomic E-state index is -0.960. The van der Waals surface area contributed by atoms with Gasteiger partial charge >= 0.3 is 5.69 Å². The van der Waals surface area contributed by atoms with Crippen LogP contribution in [0.4, 0.5) is 15.8 Å². The first kappa shape index (κ1) is 16.7. The Morgan fingerprint density at radius 2 is 1.96 bits per heavy atom. The normalized spacial score (nSPS) is 10.5. The van der Waals surface area contributed by atoms with Gasteiger partial charge < -0.3 is 5.32 Å². The number of benzene rings is 2. The minimum Gasteiger partial charge on any atom is -0.320 e. The third kappa shape index (κ3) is 3.69. The van der Waals surface area contributed by atoms with Gasteiger partial charge in [0.1, 0.15) is 10.7 Å². The summed E-state index contributed by atoms with van der Waals surface area (Å²) in [5, 5.41) is 15.5. The molecule has 1 amide bonds. The average molecular weight is 357 g/mol. The molecule has 1 N–H and O–H groups in total. The van der Waals surface area contributed by atoms with Crippen LogP contribution in [0.15, 0.2) is 47.8 Å². The van der Waals surface area contributed by atoms with E-state index in [0.29, 0.717) is 5.01 Å². The van der Waals surface area contributed by atoms with E-state index in [9.17, 15) is 19.3 Å². The highest BCUT2D eigenvalue weighted by molar-refractivity contribution is 7.13. The van der Waals surface area contributed by atoms with Crippen molar-refractivity contribution in [2.24, 2.45) is 0 Å². The van der Waals surface area contributed by atoms with Crippen LogP contribution >= 0.6 is 11.3 Å². The monoisotopic (exact) mass is 357 g/mol. The molecular formula is C17H12FN3O3S. The van der Waals surface area contributed by atoms with E-state index in [1.807, 2.05) is 31.2 Å². The Labute approximate surface area is 146 Å². The molecule has 0 atom stereocenters. The zero-order valence-corrected chi connectivity index (χ0v) is 13.8. The molecule has 0 saturated carbocycles. The molecule has 1 heterocycles. The van der Waals surface area contributed by atoms with Gasteiger partial charge in [0.05, 0.1) is 4.92 Å². The second-order valence-corrected chi connectivity index (χ2v) is 6.14. The molecule has 126 valence electrons. The quantitative estimate of drug-likeness (QED) is 0.553. The number of amides is 1. The van der Waals surface area contributed by atoms with Crippen LogP contribution in [0, 0.1) is 22.9 Å². The average Bonchev–Trinajstić information content (AvgIpc) is 3.07. The van der Waals surface area contributed by atoms with E-state index in [-0.39, 0.29) is 11.4 Å². The highest BCUT2D eigenvalue weighted by Crippen LogP contribution is 2.25. The van der Waals surface area contributed by atoms with Crippen molar-refractivity contribution in [2.75, 3.05) is 5.32 Å². The first-order valence-electron chi connectivity index (χ1n) is 7.22. The number of hydrogen-bond donors (Lipinski definition) is 1. The van der Waals surface area contributed by atoms with Crippen LogP contribution in [-0.2, 0) is 0 Å². The Kier molecular flexibility index (Phi) is 4.53. The van der Waals surface area contributed by atoms with Crippen molar-refractivity contribution in [3.05, 3.63) is 75.0 Å². The number of aromatic nitrogens is 1. The lowest BCUT2D eigenvalue weighted by molar-refractivity contribution is -0.387. The summed E-state index contributed by atoms with van der Waals surface area (Å²) < 4.78 is 13.3. The van der Waals surface area contributed by atoms with E-state index >= 15 is 0 Å². The fraction of sp³-hybridized carbons (Fsp3) is 0.0588. The Hall–Kier alpha value is -3.13. The van der Waals surface area contributed by atoms with Crippen LogP contribution in [0.3, 0.4) is 0 Å². The van der Waals surface area contributed by atoms with Gasteiger partial charge in [-0.25, -0.2) is 4.98 Å². The molecular weight excluding hydrogens is 345 g/mol. The Morgan fingerprint density at radius 1 is 1.24 bits per heavy atom. The molecule has 0 bridgehead atoms. The van der Waals surface area contributed by atoms with E-state index < -0.39 is 22.3 Å². The summed E-state index contributed by atoms with van der Waals surface area (Å²) >= 11 is 1.32. The number of hydrogen-bond acceptors (Lipinski definition) is 5. The highest BCUT2D eigenvalue weighted by Gasteiger charge is 2.17. The predicted molar refractivity (Wildman–Crippen MR) is 93.3 cm³/mol. The summed E-state index contributed by atoms with van der Waals surface area (Å²) in [5.74, 6) is -1.48. The Bertz CT molecular complexity index is 954. The number of nitrogens with one attached hydrogen (secondary N) is 1. The van der Waals surface area contributed by atoms with E-state index in [2.05, 4.69) is 10.3 Å². The Morgan fingerprint density at radius 3 is 2.64 bits per heavy atom. The number of thiazole rings is 1. The first-order valence-corrected chi connectivity index (χ1v) is 8.10. The molecule has 0 radical (unpaired) electrons. The molecule has 0 saturated heterocycles. The molecule has 3 aromatic rings.